The lowest BCUT2D eigenvalue weighted by molar-refractivity contribution is -0.177. The lowest BCUT2D eigenvalue weighted by Gasteiger charge is -2.60. The molecule has 26 heavy (non-hydrogen) atoms. The maximum atomic E-state index is 13.4. The lowest BCUT2D eigenvalue weighted by atomic mass is 9.44. The summed E-state index contributed by atoms with van der Waals surface area (Å²) >= 11 is 3.23. The number of fused-ring (bicyclic) bond motifs is 5. The Kier molecular flexibility index (Phi) is 4.49. The minimum atomic E-state index is -1.37. The fourth-order valence-corrected chi connectivity index (χ4v) is 8.09. The van der Waals surface area contributed by atoms with Crippen LogP contribution in [0.5, 0.6) is 0 Å². The van der Waals surface area contributed by atoms with Gasteiger partial charge in [-0.25, -0.2) is 0 Å². The highest BCUT2D eigenvalue weighted by Crippen LogP contribution is 2.67. The maximum Gasteiger partial charge on any atom is 0.175 e. The van der Waals surface area contributed by atoms with Gasteiger partial charge in [0.1, 0.15) is 11.4 Å². The largest absolute Gasteiger partial charge is 0.393 e. The summed E-state index contributed by atoms with van der Waals surface area (Å²) in [5.41, 5.74) is -2.03. The first kappa shape index (κ1) is 19.1. The molecular formula is C21H31BrO4. The second-order valence-electron chi connectivity index (χ2n) is 9.97. The zero-order chi connectivity index (χ0) is 18.9. The van der Waals surface area contributed by atoms with Crippen molar-refractivity contribution < 1.29 is 19.8 Å². The standard InChI is InChI=1S/C21H31BrO4/c1-19-7-5-13(23)9-12(19)3-4-14-15-6-8-21(26,17(25)11-22)20(15,2)10-16(24)18(14)19/h12-15,18,23,26H,3-11H2,1-2H3/t12?,13-,14?,15?,18?,19?,20?,21+/m1/s1. The van der Waals surface area contributed by atoms with E-state index < -0.39 is 11.0 Å². The van der Waals surface area contributed by atoms with E-state index in [-0.39, 0.29) is 46.2 Å². The van der Waals surface area contributed by atoms with Gasteiger partial charge in [0.2, 0.25) is 0 Å². The third-order valence-electron chi connectivity index (χ3n) is 9.06. The van der Waals surface area contributed by atoms with Crippen LogP contribution in [0.2, 0.25) is 0 Å². The van der Waals surface area contributed by atoms with Crippen LogP contribution in [-0.2, 0) is 9.59 Å². The smallest absolute Gasteiger partial charge is 0.175 e. The van der Waals surface area contributed by atoms with E-state index >= 15 is 0 Å². The van der Waals surface area contributed by atoms with Crippen LogP contribution in [0, 0.1) is 34.5 Å². The quantitative estimate of drug-likeness (QED) is 0.664. The van der Waals surface area contributed by atoms with Crippen molar-refractivity contribution >= 4 is 27.5 Å². The van der Waals surface area contributed by atoms with Crippen molar-refractivity contribution in [1.82, 2.24) is 0 Å². The Hall–Kier alpha value is -0.260. The van der Waals surface area contributed by atoms with Gasteiger partial charge in [-0.2, -0.15) is 0 Å². The summed E-state index contributed by atoms with van der Waals surface area (Å²) in [4.78, 5) is 26.0. The van der Waals surface area contributed by atoms with Gasteiger partial charge in [-0.1, -0.05) is 29.8 Å². The Morgan fingerprint density at radius 2 is 1.92 bits per heavy atom. The second kappa shape index (κ2) is 6.12. The number of hydrogen-bond acceptors (Lipinski definition) is 4. The molecule has 8 atom stereocenters. The zero-order valence-electron chi connectivity index (χ0n) is 15.8. The topological polar surface area (TPSA) is 74.6 Å². The van der Waals surface area contributed by atoms with E-state index in [0.717, 1.165) is 38.5 Å². The van der Waals surface area contributed by atoms with E-state index in [4.69, 9.17) is 0 Å². The van der Waals surface area contributed by atoms with Crippen LogP contribution in [0.3, 0.4) is 0 Å². The molecule has 0 radical (unpaired) electrons. The van der Waals surface area contributed by atoms with Gasteiger partial charge < -0.3 is 10.2 Å². The number of aliphatic hydroxyl groups excluding tert-OH is 1. The molecule has 4 fully saturated rings. The average molecular weight is 427 g/mol. The van der Waals surface area contributed by atoms with Crippen LogP contribution in [0.4, 0.5) is 0 Å². The summed E-state index contributed by atoms with van der Waals surface area (Å²) in [5, 5.41) is 21.5. The summed E-state index contributed by atoms with van der Waals surface area (Å²) in [6, 6.07) is 0. The summed E-state index contributed by atoms with van der Waals surface area (Å²) in [5.74, 6) is 1.05. The average Bonchev–Trinajstić information content (AvgIpc) is 2.86. The highest BCUT2D eigenvalue weighted by molar-refractivity contribution is 9.09. The number of carbonyl (C=O) groups excluding carboxylic acids is 2. The summed E-state index contributed by atoms with van der Waals surface area (Å²) in [7, 11) is 0. The minimum Gasteiger partial charge on any atom is -0.393 e. The van der Waals surface area contributed by atoms with Crippen LogP contribution >= 0.6 is 15.9 Å². The number of aliphatic hydroxyl groups is 2. The Balaban J connectivity index is 1.70. The predicted octanol–water partition coefficient (Wildman–Crippen LogP) is 3.26. The van der Waals surface area contributed by atoms with Gasteiger partial charge in [-0.15, -0.1) is 0 Å². The molecule has 0 heterocycles. The number of carbonyl (C=O) groups is 2. The monoisotopic (exact) mass is 426 g/mol. The molecule has 0 saturated heterocycles. The Morgan fingerprint density at radius 3 is 2.62 bits per heavy atom. The molecule has 2 N–H and O–H groups in total. The maximum absolute atomic E-state index is 13.4. The van der Waals surface area contributed by atoms with Gasteiger partial charge in [0.15, 0.2) is 5.78 Å². The van der Waals surface area contributed by atoms with Gasteiger partial charge >= 0.3 is 0 Å². The molecule has 0 amide bonds. The molecular weight excluding hydrogens is 396 g/mol. The summed E-state index contributed by atoms with van der Waals surface area (Å²) < 4.78 is 0. The molecule has 146 valence electrons. The van der Waals surface area contributed by atoms with Gasteiger partial charge in [0.25, 0.3) is 0 Å². The summed E-state index contributed by atoms with van der Waals surface area (Å²) in [6.45, 7) is 4.25. The van der Waals surface area contributed by atoms with Crippen molar-refractivity contribution in [1.29, 1.82) is 0 Å². The summed E-state index contributed by atoms with van der Waals surface area (Å²) in [6.07, 6.45) is 5.98. The molecule has 0 bridgehead atoms. The minimum absolute atomic E-state index is 0.0271. The molecule has 4 aliphatic rings. The molecule has 0 aliphatic heterocycles. The molecule has 4 aliphatic carbocycles. The first-order valence-corrected chi connectivity index (χ1v) is 11.3. The normalized spacial score (nSPS) is 53.6. The van der Waals surface area contributed by atoms with Crippen LogP contribution in [0.15, 0.2) is 0 Å². The molecule has 0 aromatic carbocycles. The zero-order valence-corrected chi connectivity index (χ0v) is 17.4. The van der Waals surface area contributed by atoms with Crippen LogP contribution in [0.25, 0.3) is 0 Å². The number of alkyl halides is 1. The van der Waals surface area contributed by atoms with E-state index in [1.54, 1.807) is 0 Å². The molecule has 0 aromatic rings. The van der Waals surface area contributed by atoms with E-state index in [2.05, 4.69) is 22.9 Å². The molecule has 0 spiro atoms. The van der Waals surface area contributed by atoms with Crippen LogP contribution in [0.1, 0.15) is 65.2 Å². The van der Waals surface area contributed by atoms with Crippen molar-refractivity contribution in [2.24, 2.45) is 34.5 Å². The van der Waals surface area contributed by atoms with Gasteiger partial charge in [-0.05, 0) is 68.1 Å². The first-order chi connectivity index (χ1) is 12.2. The van der Waals surface area contributed by atoms with E-state index in [9.17, 15) is 19.8 Å². The predicted molar refractivity (Wildman–Crippen MR) is 102 cm³/mol. The molecule has 4 rings (SSSR count). The van der Waals surface area contributed by atoms with Crippen LogP contribution in [-0.4, -0.2) is 38.8 Å². The van der Waals surface area contributed by atoms with Gasteiger partial charge in [0.05, 0.1) is 11.4 Å². The second-order valence-corrected chi connectivity index (χ2v) is 10.5. The number of ketones is 2. The van der Waals surface area contributed by atoms with Crippen molar-refractivity contribution in [2.75, 3.05) is 5.33 Å². The van der Waals surface area contributed by atoms with Crippen LogP contribution < -0.4 is 0 Å². The molecule has 5 heteroatoms. The number of rotatable bonds is 2. The van der Waals surface area contributed by atoms with Crippen molar-refractivity contribution in [2.45, 2.75) is 76.9 Å². The highest BCUT2D eigenvalue weighted by Gasteiger charge is 2.68. The molecule has 0 aromatic heterocycles. The van der Waals surface area contributed by atoms with Crippen molar-refractivity contribution in [3.05, 3.63) is 0 Å². The Labute approximate surface area is 164 Å². The fourth-order valence-electron chi connectivity index (χ4n) is 7.62. The lowest BCUT2D eigenvalue weighted by Crippen LogP contribution is -2.62. The van der Waals surface area contributed by atoms with Crippen molar-refractivity contribution in [3.63, 3.8) is 0 Å². The number of Topliss-reactive ketones (excluding diaryl/α,β-unsaturated/α-hetero) is 2. The van der Waals surface area contributed by atoms with Crippen molar-refractivity contribution in [3.8, 4) is 0 Å². The third kappa shape index (κ3) is 2.32. The van der Waals surface area contributed by atoms with Gasteiger partial charge in [0, 0.05) is 17.8 Å². The third-order valence-corrected chi connectivity index (χ3v) is 9.57. The SMILES string of the molecule is CC12CC[C@@H](O)CC1CCC1C2C(=O)CC2(C)C1CC[C@]2(O)C(=O)CBr. The highest BCUT2D eigenvalue weighted by atomic mass is 79.9. The number of halogens is 1. The first-order valence-electron chi connectivity index (χ1n) is 10.2. The van der Waals surface area contributed by atoms with E-state index in [1.807, 2.05) is 6.92 Å². The molecule has 4 saturated carbocycles. The van der Waals surface area contributed by atoms with E-state index in [0.29, 0.717) is 18.8 Å². The molecule has 4 nitrogen and oxygen atoms in total. The number of hydrogen-bond donors (Lipinski definition) is 2. The Bertz CT molecular complexity index is 636. The fraction of sp³-hybridized carbons (Fsp3) is 0.905. The van der Waals surface area contributed by atoms with E-state index in [1.165, 1.54) is 0 Å². The van der Waals surface area contributed by atoms with Gasteiger partial charge in [-0.3, -0.25) is 9.59 Å². The molecule has 6 unspecified atom stereocenters. The Morgan fingerprint density at radius 1 is 1.19 bits per heavy atom.